The Morgan fingerprint density at radius 3 is 2.48 bits per heavy atom. The van der Waals surface area contributed by atoms with Crippen molar-refractivity contribution in [2.45, 2.75) is 20.3 Å². The molecule has 1 unspecified atom stereocenters. The lowest BCUT2D eigenvalue weighted by molar-refractivity contribution is -0.146. The second kappa shape index (κ2) is 6.16. The molecule has 0 saturated carbocycles. The molecule has 114 valence electrons. The van der Waals surface area contributed by atoms with E-state index in [0.29, 0.717) is 5.71 Å². The molecular weight excluding hydrogens is 276 g/mol. The van der Waals surface area contributed by atoms with E-state index < -0.39 is 23.3 Å². The third-order valence-corrected chi connectivity index (χ3v) is 2.94. The molecular formula is C12H18N6O3. The van der Waals surface area contributed by atoms with E-state index in [0.717, 1.165) is 4.90 Å². The molecule has 1 aliphatic rings. The fourth-order valence-corrected chi connectivity index (χ4v) is 2.01. The zero-order valence-electron chi connectivity index (χ0n) is 12.1. The monoisotopic (exact) mass is 294 g/mol. The smallest absolute Gasteiger partial charge is 0.330 e. The Labute approximate surface area is 121 Å². The molecule has 5 N–H and O–H groups in total. The molecule has 0 aromatic carbocycles. The average molecular weight is 294 g/mol. The Bertz CT molecular complexity index is 561. The Kier molecular flexibility index (Phi) is 4.79. The van der Waals surface area contributed by atoms with Gasteiger partial charge >= 0.3 is 6.03 Å². The van der Waals surface area contributed by atoms with Gasteiger partial charge in [-0.15, -0.1) is 5.10 Å². The number of guanidine groups is 1. The van der Waals surface area contributed by atoms with E-state index in [1.807, 2.05) is 0 Å². The Morgan fingerprint density at radius 1 is 1.33 bits per heavy atom. The van der Waals surface area contributed by atoms with E-state index in [2.05, 4.69) is 15.5 Å². The van der Waals surface area contributed by atoms with Crippen LogP contribution >= 0.6 is 0 Å². The summed E-state index contributed by atoms with van der Waals surface area (Å²) in [6.45, 7) is 3.25. The van der Waals surface area contributed by atoms with Crippen molar-refractivity contribution in [3.8, 4) is 0 Å². The number of barbiturate groups is 1. The van der Waals surface area contributed by atoms with Crippen LogP contribution in [0.15, 0.2) is 22.4 Å². The van der Waals surface area contributed by atoms with Gasteiger partial charge in [0.1, 0.15) is 0 Å². The second-order valence-corrected chi connectivity index (χ2v) is 4.63. The summed E-state index contributed by atoms with van der Waals surface area (Å²) in [7, 11) is 1.30. The number of carbonyl (C=O) groups excluding carboxylic acids is 3. The maximum Gasteiger partial charge on any atom is 0.330 e. The minimum absolute atomic E-state index is 0.0452. The van der Waals surface area contributed by atoms with E-state index in [1.165, 1.54) is 13.1 Å². The number of nitrogens with zero attached hydrogens (tertiary/aromatic N) is 3. The predicted molar refractivity (Wildman–Crippen MR) is 77.1 cm³/mol. The second-order valence-electron chi connectivity index (χ2n) is 4.63. The van der Waals surface area contributed by atoms with E-state index in [4.69, 9.17) is 11.5 Å². The van der Waals surface area contributed by atoms with Gasteiger partial charge in [-0.2, -0.15) is 5.10 Å². The molecule has 1 atom stereocenters. The van der Waals surface area contributed by atoms with Crippen LogP contribution in [0.3, 0.4) is 0 Å². The largest absolute Gasteiger partial charge is 0.369 e. The lowest BCUT2D eigenvalue weighted by atomic mass is 9.78. The van der Waals surface area contributed by atoms with Gasteiger partial charge < -0.3 is 11.5 Å². The van der Waals surface area contributed by atoms with Gasteiger partial charge in [0.15, 0.2) is 5.41 Å². The minimum atomic E-state index is -1.54. The minimum Gasteiger partial charge on any atom is -0.369 e. The van der Waals surface area contributed by atoms with Crippen LogP contribution in [0.4, 0.5) is 4.79 Å². The summed E-state index contributed by atoms with van der Waals surface area (Å²) in [5.74, 6) is -1.57. The van der Waals surface area contributed by atoms with Crippen LogP contribution in [0.2, 0.25) is 0 Å². The molecule has 9 heteroatoms. The highest BCUT2D eigenvalue weighted by molar-refractivity contribution is 6.21. The van der Waals surface area contributed by atoms with Gasteiger partial charge in [0, 0.05) is 19.2 Å². The van der Waals surface area contributed by atoms with Crippen molar-refractivity contribution in [1.82, 2.24) is 10.2 Å². The molecule has 0 radical (unpaired) electrons. The Hall–Kier alpha value is -2.71. The summed E-state index contributed by atoms with van der Waals surface area (Å²) in [6, 6.07) is -0.760. The van der Waals surface area contributed by atoms with Gasteiger partial charge in [-0.25, -0.2) is 4.79 Å². The number of allylic oxidation sites excluding steroid dienone is 1. The fourth-order valence-electron chi connectivity index (χ4n) is 2.01. The summed E-state index contributed by atoms with van der Waals surface area (Å²) in [6.07, 6.45) is 2.95. The van der Waals surface area contributed by atoms with E-state index in [1.54, 1.807) is 19.9 Å². The zero-order valence-corrected chi connectivity index (χ0v) is 12.1. The number of urea groups is 1. The first-order valence-electron chi connectivity index (χ1n) is 6.14. The normalized spacial score (nSPS) is 23.5. The number of carbonyl (C=O) groups is 3. The van der Waals surface area contributed by atoms with Crippen LogP contribution in [0.5, 0.6) is 0 Å². The van der Waals surface area contributed by atoms with Crippen molar-refractivity contribution in [2.75, 3.05) is 7.05 Å². The van der Waals surface area contributed by atoms with Crippen molar-refractivity contribution in [3.05, 3.63) is 12.2 Å². The number of nitrogens with two attached hydrogens (primary N) is 2. The molecule has 1 rings (SSSR count). The quantitative estimate of drug-likeness (QED) is 0.206. The summed E-state index contributed by atoms with van der Waals surface area (Å²) in [5.41, 5.74) is 9.17. The highest BCUT2D eigenvalue weighted by Crippen LogP contribution is 2.31. The third kappa shape index (κ3) is 3.25. The van der Waals surface area contributed by atoms with Crippen LogP contribution in [0.25, 0.3) is 0 Å². The Balaban J connectivity index is 3.22. The average Bonchev–Trinajstić information content (AvgIpc) is 2.41. The number of hydrogen-bond acceptors (Lipinski definition) is 5. The van der Waals surface area contributed by atoms with Crippen molar-refractivity contribution in [2.24, 2.45) is 27.1 Å². The molecule has 4 amide bonds. The van der Waals surface area contributed by atoms with Crippen molar-refractivity contribution in [3.63, 3.8) is 0 Å². The van der Waals surface area contributed by atoms with Gasteiger partial charge in [-0.1, -0.05) is 12.2 Å². The summed E-state index contributed by atoms with van der Waals surface area (Å²) < 4.78 is 0. The molecule has 9 nitrogen and oxygen atoms in total. The molecule has 0 spiro atoms. The lowest BCUT2D eigenvalue weighted by Crippen LogP contribution is -2.62. The standard InChI is InChI=1S/C12H18N6O3/c1-4-5-12(6-7(2)16-17-10(13)14)8(19)15-11(21)18(3)9(12)20/h4-5H,6H2,1-3H3,(H4,13,14,17)(H,15,19,21)/b5-4-,16-7+. The van der Waals surface area contributed by atoms with E-state index >= 15 is 0 Å². The molecule has 21 heavy (non-hydrogen) atoms. The number of hydrogen-bond donors (Lipinski definition) is 3. The zero-order chi connectivity index (χ0) is 16.2. The van der Waals surface area contributed by atoms with Gasteiger partial charge in [-0.05, 0) is 13.8 Å². The number of nitrogens with one attached hydrogen (secondary N) is 1. The number of imide groups is 2. The highest BCUT2D eigenvalue weighted by atomic mass is 16.2. The number of rotatable bonds is 4. The highest BCUT2D eigenvalue weighted by Gasteiger charge is 2.51. The third-order valence-electron chi connectivity index (χ3n) is 2.94. The summed E-state index contributed by atoms with van der Waals surface area (Å²) in [5, 5.41) is 9.36. The molecule has 0 aromatic heterocycles. The van der Waals surface area contributed by atoms with Crippen molar-refractivity contribution < 1.29 is 14.4 Å². The van der Waals surface area contributed by atoms with Gasteiger partial charge in [0.25, 0.3) is 0 Å². The first-order valence-corrected chi connectivity index (χ1v) is 6.14. The Morgan fingerprint density at radius 2 is 1.95 bits per heavy atom. The van der Waals surface area contributed by atoms with Crippen LogP contribution in [0, 0.1) is 5.41 Å². The van der Waals surface area contributed by atoms with E-state index in [-0.39, 0.29) is 12.4 Å². The first kappa shape index (κ1) is 16.3. The molecule has 1 saturated heterocycles. The molecule has 0 bridgehead atoms. The summed E-state index contributed by atoms with van der Waals surface area (Å²) >= 11 is 0. The van der Waals surface area contributed by atoms with Gasteiger partial charge in [-0.3, -0.25) is 19.8 Å². The van der Waals surface area contributed by atoms with Crippen LogP contribution in [-0.4, -0.2) is 41.5 Å². The van der Waals surface area contributed by atoms with Crippen LogP contribution in [0.1, 0.15) is 20.3 Å². The SMILES string of the molecule is C/C=C\C1(C/C(C)=N/N=C(N)N)C(=O)NC(=O)N(C)C1=O. The number of amides is 4. The molecule has 0 aromatic rings. The van der Waals surface area contributed by atoms with Crippen molar-refractivity contribution >= 4 is 29.5 Å². The summed E-state index contributed by atoms with van der Waals surface area (Å²) in [4.78, 5) is 36.9. The van der Waals surface area contributed by atoms with Crippen LogP contribution in [-0.2, 0) is 9.59 Å². The fraction of sp³-hybridized carbons (Fsp3) is 0.417. The first-order chi connectivity index (χ1) is 9.74. The molecule has 0 aliphatic carbocycles. The maximum absolute atomic E-state index is 12.4. The maximum atomic E-state index is 12.4. The molecule has 1 heterocycles. The van der Waals surface area contributed by atoms with E-state index in [9.17, 15) is 14.4 Å². The molecule has 1 aliphatic heterocycles. The van der Waals surface area contributed by atoms with Gasteiger partial charge in [0.05, 0.1) is 0 Å². The topological polar surface area (TPSA) is 143 Å². The van der Waals surface area contributed by atoms with Crippen LogP contribution < -0.4 is 16.8 Å². The molecule has 1 fully saturated rings. The predicted octanol–water partition coefficient (Wildman–Crippen LogP) is -0.703. The lowest BCUT2D eigenvalue weighted by Gasteiger charge is -2.35. The van der Waals surface area contributed by atoms with Crippen molar-refractivity contribution in [1.29, 1.82) is 0 Å². The van der Waals surface area contributed by atoms with Gasteiger partial charge in [0.2, 0.25) is 17.8 Å².